The summed E-state index contributed by atoms with van der Waals surface area (Å²) < 4.78 is 2.39. The van der Waals surface area contributed by atoms with Gasteiger partial charge in [-0.3, -0.25) is 0 Å². The topological polar surface area (TPSA) is 8.17 Å². The van der Waals surface area contributed by atoms with E-state index < -0.39 is 0 Å². The van der Waals surface area contributed by atoms with Crippen molar-refractivity contribution in [1.29, 1.82) is 0 Å². The van der Waals surface area contributed by atoms with Crippen LogP contribution in [0.2, 0.25) is 0 Å². The lowest BCUT2D eigenvalue weighted by Gasteiger charge is -2.30. The lowest BCUT2D eigenvalue weighted by Crippen LogP contribution is -2.12. The van der Waals surface area contributed by atoms with Gasteiger partial charge in [-0.25, -0.2) is 0 Å². The number of fused-ring (bicyclic) bond motifs is 3. The van der Waals surface area contributed by atoms with Crippen molar-refractivity contribution in [3.63, 3.8) is 0 Å². The molecule has 0 aliphatic heterocycles. The van der Waals surface area contributed by atoms with E-state index in [9.17, 15) is 0 Å². The summed E-state index contributed by atoms with van der Waals surface area (Å²) in [6.07, 6.45) is 0. The molecule has 0 amide bonds. The summed E-state index contributed by atoms with van der Waals surface area (Å²) in [5, 5.41) is 2.52. The predicted octanol–water partition coefficient (Wildman–Crippen LogP) is 14.9. The summed E-state index contributed by atoms with van der Waals surface area (Å²) in [5.41, 5.74) is 16.3. The van der Waals surface area contributed by atoms with Crippen LogP contribution in [0.25, 0.3) is 72.0 Å². The lowest BCUT2D eigenvalue weighted by molar-refractivity contribution is 1.18. The van der Waals surface area contributed by atoms with Crippen LogP contribution in [0, 0.1) is 0 Å². The summed E-state index contributed by atoms with van der Waals surface area (Å²) in [4.78, 5) is 2.42. The maximum Gasteiger partial charge on any atom is 0.0541 e. The fourth-order valence-electron chi connectivity index (χ4n) is 8.15. The van der Waals surface area contributed by atoms with Crippen molar-refractivity contribution >= 4 is 38.9 Å². The zero-order valence-electron chi connectivity index (χ0n) is 30.8. The summed E-state index contributed by atoms with van der Waals surface area (Å²) >= 11 is 0. The molecule has 0 N–H and O–H groups in total. The van der Waals surface area contributed by atoms with E-state index in [1.807, 2.05) is 0 Å². The average Bonchev–Trinajstić information content (AvgIpc) is 3.62. The highest BCUT2D eigenvalue weighted by Crippen LogP contribution is 2.45. The molecule has 56 heavy (non-hydrogen) atoms. The Bertz CT molecular complexity index is 2890. The van der Waals surface area contributed by atoms with Crippen molar-refractivity contribution in [3.05, 3.63) is 231 Å². The number of anilines is 3. The van der Waals surface area contributed by atoms with Crippen molar-refractivity contribution in [2.45, 2.75) is 0 Å². The summed E-state index contributed by atoms with van der Waals surface area (Å²) in [7, 11) is 0. The van der Waals surface area contributed by atoms with Gasteiger partial charge in [-0.05, 0) is 81.9 Å². The van der Waals surface area contributed by atoms with Gasteiger partial charge in [0.2, 0.25) is 0 Å². The van der Waals surface area contributed by atoms with Crippen LogP contribution in [0.4, 0.5) is 17.1 Å². The molecule has 0 saturated heterocycles. The first-order valence-corrected chi connectivity index (χ1v) is 19.2. The molecule has 9 aromatic carbocycles. The molecule has 10 rings (SSSR count). The molecule has 1 heterocycles. The molecule has 2 nitrogen and oxygen atoms in total. The van der Waals surface area contributed by atoms with Crippen molar-refractivity contribution in [1.82, 2.24) is 4.57 Å². The molecule has 0 bridgehead atoms. The highest BCUT2D eigenvalue weighted by Gasteiger charge is 2.21. The van der Waals surface area contributed by atoms with E-state index in [2.05, 4.69) is 240 Å². The Hall–Kier alpha value is -7.42. The third-order valence-corrected chi connectivity index (χ3v) is 10.8. The Morgan fingerprint density at radius 3 is 1.27 bits per heavy atom. The van der Waals surface area contributed by atoms with Crippen LogP contribution in [0.5, 0.6) is 0 Å². The Balaban J connectivity index is 1.11. The number of benzene rings is 9. The fourth-order valence-corrected chi connectivity index (χ4v) is 8.15. The minimum Gasteiger partial charge on any atom is -0.309 e. The molecule has 0 fully saturated rings. The van der Waals surface area contributed by atoms with E-state index in [0.29, 0.717) is 0 Å². The SMILES string of the molecule is c1ccc(-c2ccc(-c3ccc(N(c4ccccc4-c4ccccc4)c4ccccc4-c4cccc(-n5c6ccccc6c6ccccc65)c4)cc3)cc2)cc1. The normalized spacial score (nSPS) is 11.2. The standard InChI is InChI=1S/C54H38N2/c1-3-16-39(17-4-1)40-30-32-41(33-31-40)42-34-36-45(37-35-42)55(51-26-11-7-22-47(51)43-18-5-2-6-19-43)52-27-12-8-23-48(52)44-20-15-21-46(38-44)56-53-28-13-9-24-49(53)50-25-10-14-29-54(50)56/h1-38H. The minimum absolute atomic E-state index is 1.09. The van der Waals surface area contributed by atoms with Gasteiger partial charge < -0.3 is 9.47 Å². The minimum atomic E-state index is 1.09. The Morgan fingerprint density at radius 1 is 0.286 bits per heavy atom. The average molecular weight is 715 g/mol. The number of hydrogen-bond donors (Lipinski definition) is 0. The van der Waals surface area contributed by atoms with Crippen LogP contribution in [0.1, 0.15) is 0 Å². The number of para-hydroxylation sites is 4. The molecule has 0 atom stereocenters. The van der Waals surface area contributed by atoms with Crippen molar-refractivity contribution in [3.8, 4) is 50.2 Å². The molecule has 0 unspecified atom stereocenters. The molecule has 0 saturated carbocycles. The first-order chi connectivity index (χ1) is 27.8. The number of aromatic nitrogens is 1. The molecule has 1 aromatic heterocycles. The molecule has 0 spiro atoms. The number of hydrogen-bond acceptors (Lipinski definition) is 1. The molecule has 264 valence electrons. The summed E-state index contributed by atoms with van der Waals surface area (Å²) in [6.45, 7) is 0. The van der Waals surface area contributed by atoms with Gasteiger partial charge in [0.15, 0.2) is 0 Å². The summed E-state index contributed by atoms with van der Waals surface area (Å²) in [5.74, 6) is 0. The molecule has 0 aliphatic rings. The highest BCUT2D eigenvalue weighted by molar-refractivity contribution is 6.09. The first kappa shape index (κ1) is 33.2. The van der Waals surface area contributed by atoms with Crippen LogP contribution >= 0.6 is 0 Å². The fraction of sp³-hybridized carbons (Fsp3) is 0. The molecular formula is C54H38N2. The van der Waals surface area contributed by atoms with Crippen LogP contribution in [-0.4, -0.2) is 4.57 Å². The zero-order chi connectivity index (χ0) is 37.3. The second-order valence-corrected chi connectivity index (χ2v) is 14.1. The van der Waals surface area contributed by atoms with Crippen LogP contribution in [-0.2, 0) is 0 Å². The van der Waals surface area contributed by atoms with Gasteiger partial charge in [-0.1, -0.05) is 182 Å². The van der Waals surface area contributed by atoms with E-state index in [0.717, 1.165) is 33.9 Å². The first-order valence-electron chi connectivity index (χ1n) is 19.2. The quantitative estimate of drug-likeness (QED) is 0.152. The van der Waals surface area contributed by atoms with Gasteiger partial charge in [0, 0.05) is 33.3 Å². The van der Waals surface area contributed by atoms with E-state index in [1.165, 1.54) is 55.2 Å². The second-order valence-electron chi connectivity index (χ2n) is 14.1. The van der Waals surface area contributed by atoms with Crippen LogP contribution in [0.3, 0.4) is 0 Å². The third kappa shape index (κ3) is 6.04. The Morgan fingerprint density at radius 2 is 0.696 bits per heavy atom. The van der Waals surface area contributed by atoms with Gasteiger partial charge in [0.1, 0.15) is 0 Å². The number of rotatable bonds is 8. The van der Waals surface area contributed by atoms with Gasteiger partial charge in [0.05, 0.1) is 22.4 Å². The maximum atomic E-state index is 2.42. The van der Waals surface area contributed by atoms with E-state index in [4.69, 9.17) is 0 Å². The molecular weight excluding hydrogens is 677 g/mol. The summed E-state index contributed by atoms with van der Waals surface area (Å²) in [6, 6.07) is 83.0. The van der Waals surface area contributed by atoms with Crippen molar-refractivity contribution in [2.24, 2.45) is 0 Å². The monoisotopic (exact) mass is 714 g/mol. The highest BCUT2D eigenvalue weighted by atomic mass is 15.1. The van der Waals surface area contributed by atoms with Gasteiger partial charge in [-0.15, -0.1) is 0 Å². The van der Waals surface area contributed by atoms with Gasteiger partial charge in [0.25, 0.3) is 0 Å². The maximum absolute atomic E-state index is 2.42. The van der Waals surface area contributed by atoms with E-state index >= 15 is 0 Å². The second kappa shape index (κ2) is 14.4. The van der Waals surface area contributed by atoms with Gasteiger partial charge >= 0.3 is 0 Å². The molecule has 2 heteroatoms. The van der Waals surface area contributed by atoms with Crippen LogP contribution in [0.15, 0.2) is 231 Å². The molecule has 0 aliphatic carbocycles. The Labute approximate surface area is 327 Å². The third-order valence-electron chi connectivity index (χ3n) is 10.8. The van der Waals surface area contributed by atoms with Gasteiger partial charge in [-0.2, -0.15) is 0 Å². The van der Waals surface area contributed by atoms with E-state index in [-0.39, 0.29) is 0 Å². The van der Waals surface area contributed by atoms with E-state index in [1.54, 1.807) is 0 Å². The van der Waals surface area contributed by atoms with Crippen LogP contribution < -0.4 is 4.90 Å². The Kier molecular flexibility index (Phi) is 8.55. The number of nitrogens with zero attached hydrogens (tertiary/aromatic N) is 2. The molecule has 0 radical (unpaired) electrons. The molecule has 10 aromatic rings. The lowest BCUT2D eigenvalue weighted by atomic mass is 9.97. The van der Waals surface area contributed by atoms with Crippen molar-refractivity contribution in [2.75, 3.05) is 4.90 Å². The predicted molar refractivity (Wildman–Crippen MR) is 237 cm³/mol. The largest absolute Gasteiger partial charge is 0.309 e. The van der Waals surface area contributed by atoms with Crippen molar-refractivity contribution < 1.29 is 0 Å². The zero-order valence-corrected chi connectivity index (χ0v) is 30.8. The smallest absolute Gasteiger partial charge is 0.0541 e.